The second-order valence-corrected chi connectivity index (χ2v) is 9.74. The molecule has 0 heterocycles. The molecule has 2 aromatic carbocycles. The third kappa shape index (κ3) is 3.93. The van der Waals surface area contributed by atoms with E-state index in [0.717, 1.165) is 27.8 Å². The maximum atomic E-state index is 3.89. The molecule has 22 heavy (non-hydrogen) atoms. The molecule has 0 saturated carbocycles. The number of benzene rings is 2. The molecule has 0 N–H and O–H groups in total. The summed E-state index contributed by atoms with van der Waals surface area (Å²) in [5, 5.41) is 3.40. The summed E-state index contributed by atoms with van der Waals surface area (Å²) in [4.78, 5) is 0. The molecule has 0 fully saturated rings. The molecule has 0 aliphatic carbocycles. The summed E-state index contributed by atoms with van der Waals surface area (Å²) < 4.78 is 0. The Balaban J connectivity index is 2.56. The molecule has 0 aliphatic rings. The molecular weight excluding hydrogens is 284 g/mol. The molecular formula is C21H22S. The van der Waals surface area contributed by atoms with Crippen molar-refractivity contribution in [2.75, 3.05) is 18.8 Å². The van der Waals surface area contributed by atoms with E-state index in [0.29, 0.717) is 0 Å². The van der Waals surface area contributed by atoms with E-state index in [4.69, 9.17) is 0 Å². The molecule has 112 valence electrons. The van der Waals surface area contributed by atoms with Gasteiger partial charge in [-0.15, -0.1) is 0 Å². The van der Waals surface area contributed by atoms with E-state index in [1.165, 1.54) is 0 Å². The molecule has 1 heteroatoms. The van der Waals surface area contributed by atoms with E-state index < -0.39 is 10.0 Å². The van der Waals surface area contributed by atoms with Crippen LogP contribution in [0.25, 0.3) is 23.3 Å². The van der Waals surface area contributed by atoms with Gasteiger partial charge in [-0.3, -0.25) is 0 Å². The van der Waals surface area contributed by atoms with Crippen molar-refractivity contribution in [2.45, 2.75) is 0 Å². The molecule has 0 unspecified atom stereocenters. The first-order valence-electron chi connectivity index (χ1n) is 7.14. The van der Waals surface area contributed by atoms with Gasteiger partial charge in [-0.2, -0.15) is 10.0 Å². The Morgan fingerprint density at radius 2 is 1.59 bits per heavy atom. The smallest absolute Gasteiger partial charge is 0.0332 e. The van der Waals surface area contributed by atoms with Crippen molar-refractivity contribution in [1.29, 1.82) is 0 Å². The summed E-state index contributed by atoms with van der Waals surface area (Å²) in [6, 6.07) is 14.7. The summed E-state index contributed by atoms with van der Waals surface area (Å²) in [5.41, 5.74) is 5.59. The van der Waals surface area contributed by atoms with E-state index in [9.17, 15) is 0 Å². The Morgan fingerprint density at radius 1 is 0.909 bits per heavy atom. The molecule has 0 radical (unpaired) electrons. The lowest BCUT2D eigenvalue weighted by molar-refractivity contribution is 1.55. The van der Waals surface area contributed by atoms with Crippen molar-refractivity contribution in [3.8, 4) is 22.3 Å². The molecule has 0 spiro atoms. The molecule has 2 rings (SSSR count). The Morgan fingerprint density at radius 3 is 2.23 bits per heavy atom. The van der Waals surface area contributed by atoms with Crippen molar-refractivity contribution in [2.24, 2.45) is 0 Å². The standard InChI is InChI=1S/C21H22S/c1-6-17-12-13-20(16-18(17)7-2)21-11-9-8-10-19(21)14-15-22(3,4)5/h6-13,16H,1-2H2,3-5H3. The van der Waals surface area contributed by atoms with Crippen LogP contribution in [0.2, 0.25) is 0 Å². The molecule has 0 saturated heterocycles. The van der Waals surface area contributed by atoms with Crippen LogP contribution >= 0.6 is 10.0 Å². The van der Waals surface area contributed by atoms with E-state index >= 15 is 0 Å². The minimum absolute atomic E-state index is 0.835. The summed E-state index contributed by atoms with van der Waals surface area (Å²) in [7, 11) is -0.835. The zero-order valence-corrected chi connectivity index (χ0v) is 14.3. The van der Waals surface area contributed by atoms with Crippen LogP contribution in [0.1, 0.15) is 16.7 Å². The van der Waals surface area contributed by atoms with E-state index in [1.807, 2.05) is 18.2 Å². The summed E-state index contributed by atoms with van der Waals surface area (Å²) >= 11 is 0. The van der Waals surface area contributed by atoms with Gasteiger partial charge >= 0.3 is 0 Å². The van der Waals surface area contributed by atoms with Crippen LogP contribution < -0.4 is 0 Å². The highest BCUT2D eigenvalue weighted by Gasteiger charge is 2.05. The third-order valence-corrected chi connectivity index (χ3v) is 3.97. The lowest BCUT2D eigenvalue weighted by atomic mass is 9.96. The van der Waals surface area contributed by atoms with Gasteiger partial charge in [0.05, 0.1) is 0 Å². The first-order valence-corrected chi connectivity index (χ1v) is 10.00. The second-order valence-electron chi connectivity index (χ2n) is 5.86. The maximum absolute atomic E-state index is 3.89. The summed E-state index contributed by atoms with van der Waals surface area (Å²) in [5.74, 6) is 3.36. The predicted molar refractivity (Wildman–Crippen MR) is 104 cm³/mol. The molecule has 0 atom stereocenters. The fourth-order valence-corrected chi connectivity index (χ4v) is 2.57. The monoisotopic (exact) mass is 306 g/mol. The van der Waals surface area contributed by atoms with Crippen LogP contribution in [0.3, 0.4) is 0 Å². The summed E-state index contributed by atoms with van der Waals surface area (Å²) in [6.07, 6.45) is 10.3. The molecule has 2 aromatic rings. The van der Waals surface area contributed by atoms with Gasteiger partial charge < -0.3 is 0 Å². The van der Waals surface area contributed by atoms with E-state index in [1.54, 1.807) is 0 Å². The fourth-order valence-electron chi connectivity index (χ4n) is 2.16. The van der Waals surface area contributed by atoms with Gasteiger partial charge in [-0.05, 0) is 58.4 Å². The van der Waals surface area contributed by atoms with Gasteiger partial charge in [0.15, 0.2) is 0 Å². The largest absolute Gasteiger partial charge is 0.186 e. The highest BCUT2D eigenvalue weighted by molar-refractivity contribution is 8.35. The van der Waals surface area contributed by atoms with Gasteiger partial charge in [0, 0.05) is 5.56 Å². The lowest BCUT2D eigenvalue weighted by Crippen LogP contribution is -1.89. The van der Waals surface area contributed by atoms with Gasteiger partial charge in [-0.1, -0.05) is 61.6 Å². The van der Waals surface area contributed by atoms with Crippen molar-refractivity contribution < 1.29 is 0 Å². The maximum Gasteiger partial charge on any atom is 0.0332 e. The number of rotatable bonds is 3. The lowest BCUT2D eigenvalue weighted by Gasteiger charge is -2.15. The Labute approximate surface area is 135 Å². The van der Waals surface area contributed by atoms with Crippen LogP contribution in [0.15, 0.2) is 55.6 Å². The van der Waals surface area contributed by atoms with Gasteiger partial charge in [0.2, 0.25) is 0 Å². The Hall–Kier alpha value is -2.17. The highest BCUT2D eigenvalue weighted by atomic mass is 32.3. The van der Waals surface area contributed by atoms with Crippen LogP contribution in [-0.4, -0.2) is 18.8 Å². The topological polar surface area (TPSA) is 0 Å². The average Bonchev–Trinajstić information content (AvgIpc) is 2.51. The van der Waals surface area contributed by atoms with Crippen LogP contribution in [0, 0.1) is 11.2 Å². The van der Waals surface area contributed by atoms with Gasteiger partial charge in [0.25, 0.3) is 0 Å². The Bertz CT molecular complexity index is 764. The predicted octanol–water partition coefficient (Wildman–Crippen LogP) is 5.64. The second kappa shape index (κ2) is 6.73. The zero-order valence-electron chi connectivity index (χ0n) is 13.5. The van der Waals surface area contributed by atoms with Crippen molar-refractivity contribution >= 4 is 22.2 Å². The SMILES string of the molecule is C=Cc1ccc(-c2ccccc2C#CS(C)(C)C)cc1C=C. The van der Waals surface area contributed by atoms with Gasteiger partial charge in [-0.25, -0.2) is 0 Å². The average molecular weight is 306 g/mol. The number of hydrogen-bond acceptors (Lipinski definition) is 0. The Kier molecular flexibility index (Phi) is 4.96. The first kappa shape index (κ1) is 16.2. The number of hydrogen-bond donors (Lipinski definition) is 0. The van der Waals surface area contributed by atoms with Crippen LogP contribution in [0.5, 0.6) is 0 Å². The van der Waals surface area contributed by atoms with Crippen molar-refractivity contribution in [3.63, 3.8) is 0 Å². The molecule has 0 bridgehead atoms. The highest BCUT2D eigenvalue weighted by Crippen LogP contribution is 2.33. The molecule has 0 amide bonds. The first-order chi connectivity index (χ1) is 10.4. The molecule has 0 aromatic heterocycles. The minimum atomic E-state index is -0.835. The van der Waals surface area contributed by atoms with E-state index in [-0.39, 0.29) is 0 Å². The van der Waals surface area contributed by atoms with Crippen LogP contribution in [-0.2, 0) is 0 Å². The van der Waals surface area contributed by atoms with Crippen LogP contribution in [0.4, 0.5) is 0 Å². The molecule has 0 nitrogen and oxygen atoms in total. The quantitative estimate of drug-likeness (QED) is 0.643. The zero-order chi connectivity index (χ0) is 16.2. The summed E-state index contributed by atoms with van der Waals surface area (Å²) in [6.45, 7) is 7.74. The minimum Gasteiger partial charge on any atom is -0.186 e. The third-order valence-electron chi connectivity index (χ3n) is 3.26. The van der Waals surface area contributed by atoms with Gasteiger partial charge in [0.1, 0.15) is 0 Å². The fraction of sp³-hybridized carbons (Fsp3) is 0.143. The van der Waals surface area contributed by atoms with Crippen molar-refractivity contribution in [3.05, 3.63) is 72.3 Å². The van der Waals surface area contributed by atoms with Crippen molar-refractivity contribution in [1.82, 2.24) is 0 Å². The molecule has 0 aliphatic heterocycles. The van der Waals surface area contributed by atoms with E-state index in [2.05, 4.69) is 79.5 Å². The normalized spacial score (nSPS) is 11.2.